The van der Waals surface area contributed by atoms with Gasteiger partial charge in [0, 0.05) is 16.3 Å². The smallest absolute Gasteiger partial charge is 0.347 e. The van der Waals surface area contributed by atoms with Crippen LogP contribution in [0.2, 0.25) is 5.02 Å². The second-order valence-corrected chi connectivity index (χ2v) is 10.3. The molecule has 184 valence electrons. The van der Waals surface area contributed by atoms with Gasteiger partial charge in [-0.1, -0.05) is 29.8 Å². The number of halogens is 1. The van der Waals surface area contributed by atoms with E-state index in [4.69, 9.17) is 16.3 Å². The Kier molecular flexibility index (Phi) is 7.15. The standard InChI is InChI=1S/C28H25ClN2O4S/c1-16-5-12-21(15-17(16)2)30-25(32)23-24(18-6-10-20(29)11-7-18)36-26(31-23)19-8-13-22(14-9-19)35-28(3,4)27(33)34/h5-15H,1-4H3,(H,30,32)(H,33,34). The molecule has 0 bridgehead atoms. The molecule has 2 N–H and O–H groups in total. The van der Waals surface area contributed by atoms with E-state index < -0.39 is 11.6 Å². The van der Waals surface area contributed by atoms with Crippen molar-refractivity contribution < 1.29 is 19.4 Å². The predicted molar refractivity (Wildman–Crippen MR) is 144 cm³/mol. The highest BCUT2D eigenvalue weighted by Crippen LogP contribution is 2.37. The molecular formula is C28H25ClN2O4S. The Morgan fingerprint density at radius 1 is 0.944 bits per heavy atom. The van der Waals surface area contributed by atoms with Crippen LogP contribution < -0.4 is 10.1 Å². The van der Waals surface area contributed by atoms with Crippen LogP contribution in [0, 0.1) is 13.8 Å². The van der Waals surface area contributed by atoms with Gasteiger partial charge in [-0.3, -0.25) is 4.79 Å². The maximum atomic E-state index is 13.3. The fourth-order valence-corrected chi connectivity index (χ4v) is 4.61. The van der Waals surface area contributed by atoms with Crippen molar-refractivity contribution >= 4 is 40.5 Å². The normalized spacial score (nSPS) is 11.2. The highest BCUT2D eigenvalue weighted by atomic mass is 35.5. The van der Waals surface area contributed by atoms with Gasteiger partial charge < -0.3 is 15.2 Å². The van der Waals surface area contributed by atoms with Crippen LogP contribution in [-0.4, -0.2) is 27.6 Å². The number of carboxylic acids is 1. The number of carboxylic acid groups (broad SMARTS) is 1. The molecular weight excluding hydrogens is 496 g/mol. The summed E-state index contributed by atoms with van der Waals surface area (Å²) in [6.45, 7) is 6.99. The second-order valence-electron chi connectivity index (χ2n) is 8.90. The molecule has 0 aliphatic heterocycles. The minimum atomic E-state index is -1.36. The minimum absolute atomic E-state index is 0.308. The molecule has 1 aromatic heterocycles. The van der Waals surface area contributed by atoms with Gasteiger partial charge in [0.15, 0.2) is 5.60 Å². The lowest BCUT2D eigenvalue weighted by atomic mass is 10.1. The van der Waals surface area contributed by atoms with Crippen molar-refractivity contribution in [3.05, 3.63) is 88.6 Å². The molecule has 0 unspecified atom stereocenters. The number of anilines is 1. The zero-order chi connectivity index (χ0) is 26.0. The molecule has 1 amide bonds. The molecule has 0 aliphatic carbocycles. The number of ether oxygens (including phenoxy) is 1. The number of aryl methyl sites for hydroxylation is 2. The Bertz CT molecular complexity index is 1430. The zero-order valence-corrected chi connectivity index (χ0v) is 21.8. The minimum Gasteiger partial charge on any atom is -0.478 e. The van der Waals surface area contributed by atoms with Crippen LogP contribution in [0.25, 0.3) is 21.0 Å². The maximum absolute atomic E-state index is 13.3. The molecule has 0 saturated heterocycles. The van der Waals surface area contributed by atoms with E-state index in [9.17, 15) is 14.7 Å². The Balaban J connectivity index is 1.69. The van der Waals surface area contributed by atoms with E-state index in [0.717, 1.165) is 27.1 Å². The average Bonchev–Trinajstić information content (AvgIpc) is 3.28. The van der Waals surface area contributed by atoms with Gasteiger partial charge in [0.05, 0.1) is 4.88 Å². The molecule has 0 atom stereocenters. The zero-order valence-electron chi connectivity index (χ0n) is 20.3. The van der Waals surface area contributed by atoms with Gasteiger partial charge in [-0.05, 0) is 92.9 Å². The molecule has 0 saturated carbocycles. The SMILES string of the molecule is Cc1ccc(NC(=O)c2nc(-c3ccc(OC(C)(C)C(=O)O)cc3)sc2-c2ccc(Cl)cc2)cc1C. The number of hydrogen-bond donors (Lipinski definition) is 2. The van der Waals surface area contributed by atoms with E-state index in [1.165, 1.54) is 25.2 Å². The summed E-state index contributed by atoms with van der Waals surface area (Å²) in [4.78, 5) is 30.1. The number of benzene rings is 3. The number of carbonyl (C=O) groups is 2. The number of thiazole rings is 1. The molecule has 4 rings (SSSR count). The number of nitrogens with one attached hydrogen (secondary N) is 1. The Labute approximate surface area is 218 Å². The average molecular weight is 521 g/mol. The molecule has 6 nitrogen and oxygen atoms in total. The van der Waals surface area contributed by atoms with E-state index in [1.54, 1.807) is 36.4 Å². The van der Waals surface area contributed by atoms with Gasteiger partial charge in [-0.15, -0.1) is 11.3 Å². The molecule has 0 fully saturated rings. The van der Waals surface area contributed by atoms with Gasteiger partial charge in [0.2, 0.25) is 0 Å². The molecule has 1 heterocycles. The Hall–Kier alpha value is -3.68. The largest absolute Gasteiger partial charge is 0.478 e. The summed E-state index contributed by atoms with van der Waals surface area (Å²) in [7, 11) is 0. The fourth-order valence-electron chi connectivity index (χ4n) is 3.41. The van der Waals surface area contributed by atoms with E-state index in [1.807, 2.05) is 44.2 Å². The molecule has 8 heteroatoms. The van der Waals surface area contributed by atoms with Gasteiger partial charge >= 0.3 is 5.97 Å². The van der Waals surface area contributed by atoms with Crippen molar-refractivity contribution in [1.29, 1.82) is 0 Å². The number of carbonyl (C=O) groups excluding carboxylic acids is 1. The third kappa shape index (κ3) is 5.58. The van der Waals surface area contributed by atoms with Crippen molar-refractivity contribution in [3.8, 4) is 26.8 Å². The van der Waals surface area contributed by atoms with Gasteiger partial charge in [0.1, 0.15) is 16.5 Å². The summed E-state index contributed by atoms with van der Waals surface area (Å²) in [5, 5.41) is 13.5. The highest BCUT2D eigenvalue weighted by molar-refractivity contribution is 7.18. The summed E-state index contributed by atoms with van der Waals surface area (Å²) in [6, 6.07) is 20.0. The van der Waals surface area contributed by atoms with Crippen LogP contribution in [-0.2, 0) is 4.79 Å². The monoisotopic (exact) mass is 520 g/mol. The lowest BCUT2D eigenvalue weighted by Gasteiger charge is -2.21. The summed E-state index contributed by atoms with van der Waals surface area (Å²) < 4.78 is 5.59. The van der Waals surface area contributed by atoms with E-state index in [2.05, 4.69) is 10.3 Å². The Morgan fingerprint density at radius 3 is 2.19 bits per heavy atom. The molecule has 3 aromatic carbocycles. The lowest BCUT2D eigenvalue weighted by Crippen LogP contribution is -2.37. The molecule has 0 aliphatic rings. The first-order valence-electron chi connectivity index (χ1n) is 11.2. The van der Waals surface area contributed by atoms with Crippen molar-refractivity contribution in [2.45, 2.75) is 33.3 Å². The van der Waals surface area contributed by atoms with Crippen LogP contribution >= 0.6 is 22.9 Å². The topological polar surface area (TPSA) is 88.5 Å². The summed E-state index contributed by atoms with van der Waals surface area (Å²) in [5.41, 5.74) is 3.48. The van der Waals surface area contributed by atoms with Crippen molar-refractivity contribution in [1.82, 2.24) is 4.98 Å². The number of hydrogen-bond acceptors (Lipinski definition) is 5. The maximum Gasteiger partial charge on any atom is 0.347 e. The third-order valence-corrected chi connectivity index (χ3v) is 7.11. The summed E-state index contributed by atoms with van der Waals surface area (Å²) in [6.07, 6.45) is 0. The molecule has 0 radical (unpaired) electrons. The van der Waals surface area contributed by atoms with E-state index in [0.29, 0.717) is 27.2 Å². The van der Waals surface area contributed by atoms with Crippen molar-refractivity contribution in [3.63, 3.8) is 0 Å². The fraction of sp³-hybridized carbons (Fsp3) is 0.179. The van der Waals surface area contributed by atoms with Crippen LogP contribution in [0.15, 0.2) is 66.7 Å². The van der Waals surface area contributed by atoms with E-state index >= 15 is 0 Å². The van der Waals surface area contributed by atoms with Gasteiger partial charge in [-0.25, -0.2) is 9.78 Å². The first-order valence-corrected chi connectivity index (χ1v) is 12.4. The van der Waals surface area contributed by atoms with Crippen molar-refractivity contribution in [2.75, 3.05) is 5.32 Å². The highest BCUT2D eigenvalue weighted by Gasteiger charge is 2.29. The number of rotatable bonds is 7. The van der Waals surface area contributed by atoms with Crippen LogP contribution in [0.1, 0.15) is 35.5 Å². The first-order chi connectivity index (χ1) is 17.0. The number of aromatic nitrogens is 1. The number of aliphatic carboxylic acids is 1. The third-order valence-electron chi connectivity index (χ3n) is 5.70. The second kappa shape index (κ2) is 10.1. The predicted octanol–water partition coefficient (Wildman–Crippen LogP) is 7.24. The van der Waals surface area contributed by atoms with Gasteiger partial charge in [-0.2, -0.15) is 0 Å². The summed E-state index contributed by atoms with van der Waals surface area (Å²) >= 11 is 7.47. The van der Waals surface area contributed by atoms with Gasteiger partial charge in [0.25, 0.3) is 5.91 Å². The Morgan fingerprint density at radius 2 is 1.58 bits per heavy atom. The van der Waals surface area contributed by atoms with Crippen LogP contribution in [0.4, 0.5) is 5.69 Å². The molecule has 36 heavy (non-hydrogen) atoms. The number of amides is 1. The van der Waals surface area contributed by atoms with E-state index in [-0.39, 0.29) is 5.91 Å². The van der Waals surface area contributed by atoms with Crippen LogP contribution in [0.3, 0.4) is 0 Å². The molecule has 0 spiro atoms. The van der Waals surface area contributed by atoms with Crippen molar-refractivity contribution in [2.24, 2.45) is 0 Å². The first kappa shape index (κ1) is 25.4. The molecule has 4 aromatic rings. The lowest BCUT2D eigenvalue weighted by molar-refractivity contribution is -0.152. The van der Waals surface area contributed by atoms with Crippen LogP contribution in [0.5, 0.6) is 5.75 Å². The number of nitrogens with zero attached hydrogens (tertiary/aromatic N) is 1. The summed E-state index contributed by atoms with van der Waals surface area (Å²) in [5.74, 6) is -0.944. The quantitative estimate of drug-likeness (QED) is 0.268.